The highest BCUT2D eigenvalue weighted by molar-refractivity contribution is 5.63. The summed E-state index contributed by atoms with van der Waals surface area (Å²) in [4.78, 5) is 0. The number of aromatic nitrogens is 1. The summed E-state index contributed by atoms with van der Waals surface area (Å²) < 4.78 is 5.01. The average Bonchev–Trinajstić information content (AvgIpc) is 2.34. The maximum Gasteiger partial charge on any atom is 0.148 e. The van der Waals surface area contributed by atoms with Crippen molar-refractivity contribution >= 4 is 5.76 Å². The number of hydrogen-bond donors (Lipinski definition) is 1. The van der Waals surface area contributed by atoms with E-state index in [1.54, 1.807) is 6.08 Å². The van der Waals surface area contributed by atoms with Crippen LogP contribution in [-0.2, 0) is 6.42 Å². The van der Waals surface area contributed by atoms with Crippen molar-refractivity contribution in [2.24, 2.45) is 0 Å². The Balaban J connectivity index is 2.61. The molecule has 3 nitrogen and oxygen atoms in total. The lowest BCUT2D eigenvalue weighted by Gasteiger charge is -2.05. The quantitative estimate of drug-likeness (QED) is 0.615. The standard InChI is InChI=1S/C8H9NO2/c1-5-8-6(10)3-2-4-7(8)11-9-5/h3,10H,2,4H2,1H3. The molecule has 1 aromatic heterocycles. The van der Waals surface area contributed by atoms with E-state index in [2.05, 4.69) is 5.16 Å². The molecule has 0 amide bonds. The predicted molar refractivity (Wildman–Crippen MR) is 40.2 cm³/mol. The lowest BCUT2D eigenvalue weighted by Crippen LogP contribution is -1.96. The molecule has 0 fully saturated rings. The minimum Gasteiger partial charge on any atom is -0.507 e. The maximum atomic E-state index is 9.39. The molecule has 1 N–H and O–H groups in total. The molecule has 0 saturated heterocycles. The monoisotopic (exact) mass is 151 g/mol. The van der Waals surface area contributed by atoms with Gasteiger partial charge in [-0.1, -0.05) is 5.16 Å². The summed E-state index contributed by atoms with van der Waals surface area (Å²) >= 11 is 0. The van der Waals surface area contributed by atoms with Crippen molar-refractivity contribution in [1.29, 1.82) is 0 Å². The van der Waals surface area contributed by atoms with Crippen LogP contribution in [-0.4, -0.2) is 10.3 Å². The van der Waals surface area contributed by atoms with Gasteiger partial charge >= 0.3 is 0 Å². The molecule has 1 aliphatic carbocycles. The van der Waals surface area contributed by atoms with Crippen LogP contribution in [0.15, 0.2) is 10.6 Å². The molecule has 2 rings (SSSR count). The number of allylic oxidation sites excluding steroid dienone is 1. The summed E-state index contributed by atoms with van der Waals surface area (Å²) in [5.41, 5.74) is 1.56. The van der Waals surface area contributed by atoms with E-state index in [4.69, 9.17) is 4.52 Å². The van der Waals surface area contributed by atoms with Gasteiger partial charge in [-0.3, -0.25) is 0 Å². The first-order valence-corrected chi connectivity index (χ1v) is 3.63. The summed E-state index contributed by atoms with van der Waals surface area (Å²) in [6.45, 7) is 1.83. The normalized spacial score (nSPS) is 15.9. The van der Waals surface area contributed by atoms with E-state index in [0.29, 0.717) is 5.76 Å². The fourth-order valence-electron chi connectivity index (χ4n) is 1.36. The number of hydrogen-bond acceptors (Lipinski definition) is 3. The third-order valence-electron chi connectivity index (χ3n) is 1.90. The van der Waals surface area contributed by atoms with E-state index < -0.39 is 0 Å². The van der Waals surface area contributed by atoms with E-state index in [1.165, 1.54) is 0 Å². The molecule has 58 valence electrons. The van der Waals surface area contributed by atoms with Gasteiger partial charge in [-0.05, 0) is 19.4 Å². The molecular formula is C8H9NO2. The molecule has 11 heavy (non-hydrogen) atoms. The smallest absolute Gasteiger partial charge is 0.148 e. The van der Waals surface area contributed by atoms with E-state index in [9.17, 15) is 5.11 Å². The zero-order chi connectivity index (χ0) is 7.84. The molecule has 1 aliphatic rings. The Bertz CT molecular complexity index is 312. The lowest BCUT2D eigenvalue weighted by molar-refractivity contribution is 0.376. The zero-order valence-corrected chi connectivity index (χ0v) is 6.29. The number of aliphatic hydroxyl groups excluding tert-OH is 1. The van der Waals surface area contributed by atoms with E-state index in [-0.39, 0.29) is 0 Å². The highest BCUT2D eigenvalue weighted by Crippen LogP contribution is 2.26. The second-order valence-corrected chi connectivity index (χ2v) is 2.69. The van der Waals surface area contributed by atoms with Crippen LogP contribution in [0.3, 0.4) is 0 Å². The van der Waals surface area contributed by atoms with Crippen molar-refractivity contribution in [2.45, 2.75) is 19.8 Å². The van der Waals surface area contributed by atoms with Gasteiger partial charge in [0.2, 0.25) is 0 Å². The van der Waals surface area contributed by atoms with Gasteiger partial charge in [0.15, 0.2) is 0 Å². The van der Waals surface area contributed by atoms with Crippen molar-refractivity contribution < 1.29 is 9.63 Å². The lowest BCUT2D eigenvalue weighted by atomic mass is 10.0. The summed E-state index contributed by atoms with van der Waals surface area (Å²) in [5, 5.41) is 13.2. The van der Waals surface area contributed by atoms with Crippen LogP contribution in [0.25, 0.3) is 5.76 Å². The second-order valence-electron chi connectivity index (χ2n) is 2.69. The van der Waals surface area contributed by atoms with Crippen molar-refractivity contribution in [3.8, 4) is 0 Å². The molecule has 0 unspecified atom stereocenters. The fraction of sp³-hybridized carbons (Fsp3) is 0.375. The molecule has 0 atom stereocenters. The van der Waals surface area contributed by atoms with E-state index in [1.807, 2.05) is 6.92 Å². The summed E-state index contributed by atoms with van der Waals surface area (Å²) in [6.07, 6.45) is 3.49. The van der Waals surface area contributed by atoms with Crippen LogP contribution in [0.5, 0.6) is 0 Å². The predicted octanol–water partition coefficient (Wildman–Crippen LogP) is 1.83. The van der Waals surface area contributed by atoms with Crippen LogP contribution in [0.2, 0.25) is 0 Å². The Morgan fingerprint density at radius 2 is 2.45 bits per heavy atom. The highest BCUT2D eigenvalue weighted by atomic mass is 16.5. The summed E-state index contributed by atoms with van der Waals surface area (Å²) in [6, 6.07) is 0. The van der Waals surface area contributed by atoms with Gasteiger partial charge in [0.25, 0.3) is 0 Å². The maximum absolute atomic E-state index is 9.39. The average molecular weight is 151 g/mol. The van der Waals surface area contributed by atoms with E-state index >= 15 is 0 Å². The summed E-state index contributed by atoms with van der Waals surface area (Å²) in [7, 11) is 0. The van der Waals surface area contributed by atoms with Crippen molar-refractivity contribution in [3.05, 3.63) is 23.1 Å². The molecule has 0 aromatic carbocycles. The van der Waals surface area contributed by atoms with Crippen LogP contribution < -0.4 is 0 Å². The Kier molecular flexibility index (Phi) is 1.24. The molecule has 0 bridgehead atoms. The van der Waals surface area contributed by atoms with Gasteiger partial charge in [-0.25, -0.2) is 0 Å². The van der Waals surface area contributed by atoms with E-state index in [0.717, 1.165) is 29.9 Å². The zero-order valence-electron chi connectivity index (χ0n) is 6.29. The molecule has 0 saturated carbocycles. The first kappa shape index (κ1) is 6.46. The van der Waals surface area contributed by atoms with Crippen LogP contribution >= 0.6 is 0 Å². The SMILES string of the molecule is Cc1noc2c1C(O)=CCC2. The molecule has 1 aromatic rings. The molecule has 1 heterocycles. The van der Waals surface area contributed by atoms with Gasteiger partial charge in [0, 0.05) is 6.42 Å². The Morgan fingerprint density at radius 1 is 1.64 bits per heavy atom. The van der Waals surface area contributed by atoms with Crippen LogP contribution in [0.1, 0.15) is 23.4 Å². The highest BCUT2D eigenvalue weighted by Gasteiger charge is 2.18. The third kappa shape index (κ3) is 0.843. The molecular weight excluding hydrogens is 142 g/mol. The van der Waals surface area contributed by atoms with Crippen LogP contribution in [0, 0.1) is 6.92 Å². The number of nitrogens with zero attached hydrogens (tertiary/aromatic N) is 1. The largest absolute Gasteiger partial charge is 0.507 e. The van der Waals surface area contributed by atoms with Crippen molar-refractivity contribution in [1.82, 2.24) is 5.16 Å². The minimum absolute atomic E-state index is 0.310. The summed E-state index contributed by atoms with van der Waals surface area (Å²) in [5.74, 6) is 1.12. The van der Waals surface area contributed by atoms with Gasteiger partial charge in [-0.2, -0.15) is 0 Å². The second kappa shape index (κ2) is 2.12. The first-order valence-electron chi connectivity index (χ1n) is 3.63. The molecule has 0 aliphatic heterocycles. The Labute approximate surface area is 64.3 Å². The Morgan fingerprint density at radius 3 is 3.18 bits per heavy atom. The van der Waals surface area contributed by atoms with Gasteiger partial charge in [-0.15, -0.1) is 0 Å². The minimum atomic E-state index is 0.310. The number of fused-ring (bicyclic) bond motifs is 1. The number of aliphatic hydroxyl groups is 1. The molecule has 0 radical (unpaired) electrons. The van der Waals surface area contributed by atoms with Crippen molar-refractivity contribution in [2.75, 3.05) is 0 Å². The Hall–Kier alpha value is -1.25. The van der Waals surface area contributed by atoms with Gasteiger partial charge in [0.05, 0.1) is 11.3 Å². The van der Waals surface area contributed by atoms with Crippen LogP contribution in [0.4, 0.5) is 0 Å². The fourth-order valence-corrected chi connectivity index (χ4v) is 1.36. The molecule has 0 spiro atoms. The number of aryl methyl sites for hydroxylation is 2. The first-order chi connectivity index (χ1) is 5.29. The number of rotatable bonds is 0. The topological polar surface area (TPSA) is 46.3 Å². The third-order valence-corrected chi connectivity index (χ3v) is 1.90. The molecule has 3 heteroatoms. The van der Waals surface area contributed by atoms with Crippen molar-refractivity contribution in [3.63, 3.8) is 0 Å². The van der Waals surface area contributed by atoms with Gasteiger partial charge in [0.1, 0.15) is 11.5 Å². The van der Waals surface area contributed by atoms with Gasteiger partial charge < -0.3 is 9.63 Å².